The van der Waals surface area contributed by atoms with Crippen LogP contribution >= 0.6 is 0 Å². The second-order valence-electron chi connectivity index (χ2n) is 6.63. The lowest BCUT2D eigenvalue weighted by molar-refractivity contribution is -0.135. The Morgan fingerprint density at radius 2 is 1.70 bits per heavy atom. The van der Waals surface area contributed by atoms with Crippen LogP contribution in [0.25, 0.3) is 0 Å². The lowest BCUT2D eigenvalue weighted by Gasteiger charge is -2.39. The number of benzene rings is 1. The molecule has 0 aromatic heterocycles. The van der Waals surface area contributed by atoms with E-state index < -0.39 is 20.9 Å². The Morgan fingerprint density at radius 3 is 2.30 bits per heavy atom. The van der Waals surface area contributed by atoms with Gasteiger partial charge < -0.3 is 4.90 Å². The molecule has 0 spiro atoms. The van der Waals surface area contributed by atoms with Gasteiger partial charge in [-0.25, -0.2) is 12.8 Å². The molecule has 23 heavy (non-hydrogen) atoms. The van der Waals surface area contributed by atoms with Crippen LogP contribution in [0.1, 0.15) is 38.5 Å². The highest BCUT2D eigenvalue weighted by molar-refractivity contribution is 7.92. The molecule has 1 aliphatic heterocycles. The molecule has 1 heterocycles. The summed E-state index contributed by atoms with van der Waals surface area (Å²) in [5.41, 5.74) is 0. The molecule has 2 fully saturated rings. The number of carbonyl (C=O) groups is 1. The highest BCUT2D eigenvalue weighted by Crippen LogP contribution is 2.29. The first kappa shape index (κ1) is 16.4. The predicted octanol–water partition coefficient (Wildman–Crippen LogP) is 2.78. The summed E-state index contributed by atoms with van der Waals surface area (Å²) in [7, 11) is -3.48. The quantitative estimate of drug-likeness (QED) is 0.793. The van der Waals surface area contributed by atoms with E-state index in [2.05, 4.69) is 0 Å². The summed E-state index contributed by atoms with van der Waals surface area (Å²) in [6, 6.07) is 4.88. The first-order chi connectivity index (χ1) is 11.0. The van der Waals surface area contributed by atoms with Gasteiger partial charge in [-0.1, -0.05) is 19.3 Å². The fraction of sp³-hybridized carbons (Fsp3) is 0.588. The van der Waals surface area contributed by atoms with Gasteiger partial charge in [-0.3, -0.25) is 4.79 Å². The third kappa shape index (κ3) is 3.57. The van der Waals surface area contributed by atoms with E-state index in [-0.39, 0.29) is 23.9 Å². The van der Waals surface area contributed by atoms with Crippen molar-refractivity contribution < 1.29 is 17.6 Å². The maximum absolute atomic E-state index is 12.9. The Balaban J connectivity index is 1.55. The van der Waals surface area contributed by atoms with Crippen molar-refractivity contribution in [2.45, 2.75) is 48.7 Å². The van der Waals surface area contributed by atoms with Crippen LogP contribution in [-0.4, -0.2) is 37.6 Å². The number of carbonyl (C=O) groups excluding carboxylic acids is 1. The third-order valence-electron chi connectivity index (χ3n) is 4.97. The Kier molecular flexibility index (Phi) is 4.71. The molecular formula is C17H22FNO3S. The minimum absolute atomic E-state index is 0.0717. The minimum atomic E-state index is -3.48. The number of halogens is 1. The molecule has 1 amide bonds. The van der Waals surface area contributed by atoms with Gasteiger partial charge in [-0.15, -0.1) is 0 Å². The van der Waals surface area contributed by atoms with E-state index in [0.29, 0.717) is 12.3 Å². The SMILES string of the molecule is O=C(CC1CCCCC1)N1CC(S(=O)(=O)c2ccc(F)cc2)C1. The Hall–Kier alpha value is -1.43. The summed E-state index contributed by atoms with van der Waals surface area (Å²) in [5.74, 6) is 0.0771. The summed E-state index contributed by atoms with van der Waals surface area (Å²) in [5, 5.41) is -0.566. The monoisotopic (exact) mass is 339 g/mol. The number of rotatable bonds is 4. The minimum Gasteiger partial charge on any atom is -0.340 e. The van der Waals surface area contributed by atoms with Gasteiger partial charge in [0.25, 0.3) is 0 Å². The van der Waals surface area contributed by atoms with Crippen molar-refractivity contribution in [3.05, 3.63) is 30.1 Å². The molecule has 1 aliphatic carbocycles. The number of hydrogen-bond acceptors (Lipinski definition) is 3. The molecule has 0 radical (unpaired) electrons. The van der Waals surface area contributed by atoms with Gasteiger partial charge in [0.05, 0.1) is 4.90 Å². The number of nitrogens with zero attached hydrogens (tertiary/aromatic N) is 1. The summed E-state index contributed by atoms with van der Waals surface area (Å²) >= 11 is 0. The third-order valence-corrected chi connectivity index (χ3v) is 7.07. The molecule has 1 aromatic carbocycles. The Bertz CT molecular complexity index is 660. The van der Waals surface area contributed by atoms with Crippen LogP contribution in [0, 0.1) is 11.7 Å². The van der Waals surface area contributed by atoms with E-state index in [0.717, 1.165) is 25.0 Å². The van der Waals surface area contributed by atoms with E-state index >= 15 is 0 Å². The summed E-state index contributed by atoms with van der Waals surface area (Å²) in [4.78, 5) is 14.0. The molecule has 6 heteroatoms. The van der Waals surface area contributed by atoms with Gasteiger partial charge >= 0.3 is 0 Å². The molecule has 0 atom stereocenters. The summed E-state index contributed by atoms with van der Waals surface area (Å²) in [6.07, 6.45) is 6.41. The van der Waals surface area contributed by atoms with Gasteiger partial charge in [-0.05, 0) is 43.0 Å². The van der Waals surface area contributed by atoms with Crippen molar-refractivity contribution in [2.75, 3.05) is 13.1 Å². The van der Waals surface area contributed by atoms with Crippen molar-refractivity contribution in [3.8, 4) is 0 Å². The van der Waals surface area contributed by atoms with Crippen LogP contribution < -0.4 is 0 Å². The van der Waals surface area contributed by atoms with Gasteiger partial charge in [0.15, 0.2) is 9.84 Å². The van der Waals surface area contributed by atoms with Gasteiger partial charge in [0.2, 0.25) is 5.91 Å². The predicted molar refractivity (Wildman–Crippen MR) is 85.1 cm³/mol. The van der Waals surface area contributed by atoms with Crippen molar-refractivity contribution in [1.82, 2.24) is 4.90 Å². The molecule has 0 unspecified atom stereocenters. The van der Waals surface area contributed by atoms with Gasteiger partial charge in [0, 0.05) is 19.5 Å². The standard InChI is InChI=1S/C17H22FNO3S/c18-14-6-8-15(9-7-14)23(21,22)16-11-19(12-16)17(20)10-13-4-2-1-3-5-13/h6-9,13,16H,1-5,10-12H2. The van der Waals surface area contributed by atoms with E-state index in [1.807, 2.05) is 0 Å². The fourth-order valence-corrected chi connectivity index (χ4v) is 5.07. The van der Waals surface area contributed by atoms with Gasteiger partial charge in [0.1, 0.15) is 11.1 Å². The molecule has 4 nitrogen and oxygen atoms in total. The smallest absolute Gasteiger partial charge is 0.222 e. The zero-order chi connectivity index (χ0) is 16.4. The molecule has 1 saturated heterocycles. The molecular weight excluding hydrogens is 317 g/mol. The van der Waals surface area contributed by atoms with Crippen LogP contribution in [0.4, 0.5) is 4.39 Å². The average Bonchev–Trinajstić information content (AvgIpc) is 2.46. The van der Waals surface area contributed by atoms with Crippen LogP contribution in [0.2, 0.25) is 0 Å². The van der Waals surface area contributed by atoms with Crippen molar-refractivity contribution in [3.63, 3.8) is 0 Å². The van der Waals surface area contributed by atoms with E-state index in [4.69, 9.17) is 0 Å². The highest BCUT2D eigenvalue weighted by Gasteiger charge is 2.40. The number of hydrogen-bond donors (Lipinski definition) is 0. The molecule has 2 aliphatic rings. The summed E-state index contributed by atoms with van der Waals surface area (Å²) in [6.45, 7) is 0.510. The van der Waals surface area contributed by atoms with Crippen LogP contribution in [-0.2, 0) is 14.6 Å². The normalized spacial score (nSPS) is 20.3. The van der Waals surface area contributed by atoms with E-state index in [1.165, 1.54) is 31.4 Å². The van der Waals surface area contributed by atoms with Crippen molar-refractivity contribution in [1.29, 1.82) is 0 Å². The zero-order valence-corrected chi connectivity index (χ0v) is 13.9. The number of sulfone groups is 1. The lowest BCUT2D eigenvalue weighted by atomic mass is 9.86. The number of amides is 1. The zero-order valence-electron chi connectivity index (χ0n) is 13.1. The maximum Gasteiger partial charge on any atom is 0.222 e. The topological polar surface area (TPSA) is 54.5 Å². The first-order valence-electron chi connectivity index (χ1n) is 8.24. The summed E-state index contributed by atoms with van der Waals surface area (Å²) < 4.78 is 37.8. The van der Waals surface area contributed by atoms with Crippen molar-refractivity contribution in [2.24, 2.45) is 5.92 Å². The average molecular weight is 339 g/mol. The second kappa shape index (κ2) is 6.59. The lowest BCUT2D eigenvalue weighted by Crippen LogP contribution is -2.57. The molecule has 1 aromatic rings. The largest absolute Gasteiger partial charge is 0.340 e. The van der Waals surface area contributed by atoms with E-state index in [9.17, 15) is 17.6 Å². The van der Waals surface area contributed by atoms with Crippen molar-refractivity contribution >= 4 is 15.7 Å². The van der Waals surface area contributed by atoms with Crippen LogP contribution in [0.15, 0.2) is 29.2 Å². The molecule has 126 valence electrons. The van der Waals surface area contributed by atoms with E-state index in [1.54, 1.807) is 4.90 Å². The van der Waals surface area contributed by atoms with Crippen LogP contribution in [0.5, 0.6) is 0 Å². The van der Waals surface area contributed by atoms with Gasteiger partial charge in [-0.2, -0.15) is 0 Å². The second-order valence-corrected chi connectivity index (χ2v) is 8.86. The Labute approximate surface area is 136 Å². The Morgan fingerprint density at radius 1 is 1.09 bits per heavy atom. The molecule has 0 N–H and O–H groups in total. The maximum atomic E-state index is 12.9. The highest BCUT2D eigenvalue weighted by atomic mass is 32.2. The molecule has 0 bridgehead atoms. The van der Waals surface area contributed by atoms with Crippen LogP contribution in [0.3, 0.4) is 0 Å². The fourth-order valence-electron chi connectivity index (χ4n) is 3.42. The number of likely N-dealkylation sites (tertiary alicyclic amines) is 1. The molecule has 1 saturated carbocycles. The first-order valence-corrected chi connectivity index (χ1v) is 9.78. The molecule has 3 rings (SSSR count).